The maximum absolute atomic E-state index is 8.89. The fraction of sp³-hybridized carbons (Fsp3) is 0.864. The zero-order valence-corrected chi connectivity index (χ0v) is 24.7. The van der Waals surface area contributed by atoms with Crippen LogP contribution in [0.5, 0.6) is 0 Å². The SMILES string of the molecule is CC(=O)[O-].CC(=O)[O-].CC(=O)[O-].C[N+](C)(C)C.C[N+](C)(C)C.C[N+](C)(C)C.C[N+](C)(C)C.[BH4-]. The minimum Gasteiger partial charge on any atom is -0.550 e. The Morgan fingerprint density at radius 2 is 0.364 bits per heavy atom. The van der Waals surface area contributed by atoms with Crippen molar-refractivity contribution in [2.45, 2.75) is 20.8 Å². The van der Waals surface area contributed by atoms with Crippen LogP contribution < -0.4 is 15.3 Å². The minimum absolute atomic E-state index is 0. The average molecular weight is 489 g/mol. The van der Waals surface area contributed by atoms with Crippen molar-refractivity contribution in [3.8, 4) is 0 Å². The maximum atomic E-state index is 8.89. The normalized spacial score (nSPS) is 9.55. The zero-order valence-electron chi connectivity index (χ0n) is 24.7. The third-order valence-corrected chi connectivity index (χ3v) is 0. The molecule has 0 aromatic heterocycles. The molecule has 33 heavy (non-hydrogen) atoms. The van der Waals surface area contributed by atoms with Crippen molar-refractivity contribution in [2.75, 3.05) is 113 Å². The van der Waals surface area contributed by atoms with Crippen molar-refractivity contribution in [2.24, 2.45) is 0 Å². The number of carbonyl (C=O) groups is 3. The number of hydrogen-bond donors (Lipinski definition) is 0. The molecule has 0 bridgehead atoms. The van der Waals surface area contributed by atoms with E-state index in [-0.39, 0.29) is 8.41 Å². The quantitative estimate of drug-likeness (QED) is 0.254. The number of aliphatic carboxylic acids is 3. The summed E-state index contributed by atoms with van der Waals surface area (Å²) in [6, 6.07) is 0. The van der Waals surface area contributed by atoms with E-state index in [1.165, 1.54) is 0 Å². The van der Waals surface area contributed by atoms with Crippen LogP contribution in [0.2, 0.25) is 0 Å². The molecule has 0 spiro atoms. The van der Waals surface area contributed by atoms with Crippen LogP contribution in [-0.4, -0.2) is 157 Å². The predicted octanol–water partition coefficient (Wildman–Crippen LogP) is -3.89. The fourth-order valence-electron chi connectivity index (χ4n) is 0. The standard InChI is InChI=1S/4C4H12N.3C2H4O2.BH4/c4*1-5(2,3)4;3*1-2(3)4;/h4*1-4H3;3*1H3,(H,3,4);1H4/q4*+1;;;;-1/p-3. The van der Waals surface area contributed by atoms with Crippen molar-refractivity contribution in [1.29, 1.82) is 0 Å². The van der Waals surface area contributed by atoms with Gasteiger partial charge in [0.2, 0.25) is 0 Å². The van der Waals surface area contributed by atoms with Crippen molar-refractivity contribution in [3.63, 3.8) is 0 Å². The number of carboxylic acid groups (broad SMARTS) is 3. The first kappa shape index (κ1) is 52.9. The molecule has 0 aliphatic rings. The van der Waals surface area contributed by atoms with Gasteiger partial charge in [-0.05, 0) is 20.8 Å². The van der Waals surface area contributed by atoms with E-state index in [2.05, 4.69) is 113 Å². The van der Waals surface area contributed by atoms with Gasteiger partial charge in [0.25, 0.3) is 0 Å². The van der Waals surface area contributed by atoms with Gasteiger partial charge in [-0.1, -0.05) is 8.41 Å². The molecule has 10 nitrogen and oxygen atoms in total. The van der Waals surface area contributed by atoms with E-state index >= 15 is 0 Å². The smallest absolute Gasteiger partial charge is 0.0675 e. The molecular weight excluding hydrogens is 427 g/mol. The Hall–Kier alpha value is -1.69. The van der Waals surface area contributed by atoms with Crippen LogP contribution in [0.15, 0.2) is 0 Å². The molecule has 0 amide bonds. The molecule has 208 valence electrons. The Morgan fingerprint density at radius 1 is 0.364 bits per heavy atom. The Bertz CT molecular complexity index is 335. The lowest BCUT2D eigenvalue weighted by Crippen LogP contribution is -2.27. The first-order valence-electron chi connectivity index (χ1n) is 9.88. The van der Waals surface area contributed by atoms with Crippen LogP contribution in [0.3, 0.4) is 0 Å². The van der Waals surface area contributed by atoms with Crippen molar-refractivity contribution in [3.05, 3.63) is 0 Å². The highest BCUT2D eigenvalue weighted by atomic mass is 16.4. The van der Waals surface area contributed by atoms with Gasteiger partial charge in [-0.3, -0.25) is 0 Å². The summed E-state index contributed by atoms with van der Waals surface area (Å²) < 4.78 is 4.00. The minimum atomic E-state index is -1.08. The van der Waals surface area contributed by atoms with Gasteiger partial charge in [-0.25, -0.2) is 0 Å². The van der Waals surface area contributed by atoms with Crippen LogP contribution in [0, 0.1) is 0 Å². The summed E-state index contributed by atoms with van der Waals surface area (Å²) in [5.41, 5.74) is 0. The Morgan fingerprint density at radius 3 is 0.364 bits per heavy atom. The van der Waals surface area contributed by atoms with Crippen molar-refractivity contribution in [1.82, 2.24) is 0 Å². The third-order valence-electron chi connectivity index (χ3n) is 0. The molecule has 0 saturated carbocycles. The Balaban J connectivity index is -0.0000000367. The Labute approximate surface area is 208 Å². The lowest BCUT2D eigenvalue weighted by Gasteiger charge is -2.14. The zero-order chi connectivity index (χ0) is 28.7. The van der Waals surface area contributed by atoms with E-state index in [1.54, 1.807) is 0 Å². The lowest BCUT2D eigenvalue weighted by atomic mass is 10.8. The molecule has 0 fully saturated rings. The maximum Gasteiger partial charge on any atom is 0.0675 e. The number of carboxylic acids is 3. The van der Waals surface area contributed by atoms with Gasteiger partial charge in [0.05, 0.1) is 113 Å². The summed E-state index contributed by atoms with van der Waals surface area (Å²) in [6.45, 7) is 2.92. The van der Waals surface area contributed by atoms with Gasteiger partial charge in [-0.15, -0.1) is 0 Å². The van der Waals surface area contributed by atoms with E-state index in [4.69, 9.17) is 29.7 Å². The van der Waals surface area contributed by atoms with Crippen LogP contribution in [-0.2, 0) is 14.4 Å². The van der Waals surface area contributed by atoms with Crippen LogP contribution in [0.25, 0.3) is 0 Å². The van der Waals surface area contributed by atoms with Crippen LogP contribution >= 0.6 is 0 Å². The molecule has 0 unspecified atom stereocenters. The van der Waals surface area contributed by atoms with E-state index < -0.39 is 17.9 Å². The summed E-state index contributed by atoms with van der Waals surface area (Å²) in [5.74, 6) is -3.25. The summed E-state index contributed by atoms with van der Waals surface area (Å²) in [7, 11) is 34.0. The number of carbonyl (C=O) groups excluding carboxylic acids is 3. The molecule has 0 rings (SSSR count). The number of rotatable bonds is 0. The molecule has 0 N–H and O–H groups in total. The van der Waals surface area contributed by atoms with Gasteiger partial charge >= 0.3 is 0 Å². The summed E-state index contributed by atoms with van der Waals surface area (Å²) >= 11 is 0. The van der Waals surface area contributed by atoms with Crippen LogP contribution in [0.1, 0.15) is 20.8 Å². The highest BCUT2D eigenvalue weighted by Gasteiger charge is 1.89. The largest absolute Gasteiger partial charge is 0.550 e. The Kier molecular flexibility index (Phi) is 42.6. The summed E-state index contributed by atoms with van der Waals surface area (Å²) in [6.07, 6.45) is 0. The first-order chi connectivity index (χ1) is 13.2. The molecule has 0 aromatic carbocycles. The molecular formula is C22H61BN4O6. The fourth-order valence-corrected chi connectivity index (χ4v) is 0. The third kappa shape index (κ3) is 8560. The molecule has 0 saturated heterocycles. The predicted molar refractivity (Wildman–Crippen MR) is 139 cm³/mol. The van der Waals surface area contributed by atoms with E-state index in [0.29, 0.717) is 0 Å². The van der Waals surface area contributed by atoms with Crippen LogP contribution in [0.4, 0.5) is 0 Å². The van der Waals surface area contributed by atoms with Gasteiger partial charge in [-0.2, -0.15) is 0 Å². The number of quaternary nitrogens is 4. The second-order valence-electron chi connectivity index (χ2n) is 12.2. The highest BCUT2D eigenvalue weighted by molar-refractivity contribution is 5.75. The molecule has 0 aromatic rings. The van der Waals surface area contributed by atoms with E-state index in [0.717, 1.165) is 38.7 Å². The number of nitrogens with zero attached hydrogens (tertiary/aromatic N) is 4. The second-order valence-corrected chi connectivity index (χ2v) is 12.2. The lowest BCUT2D eigenvalue weighted by molar-refractivity contribution is -0.849. The molecule has 0 aliphatic carbocycles. The first-order valence-corrected chi connectivity index (χ1v) is 9.88. The van der Waals surface area contributed by atoms with Crippen molar-refractivity contribution >= 4 is 26.3 Å². The molecule has 0 radical (unpaired) electrons. The molecule has 0 atom stereocenters. The van der Waals surface area contributed by atoms with Gasteiger partial charge < -0.3 is 47.6 Å². The second kappa shape index (κ2) is 26.6. The molecule has 11 heteroatoms. The highest BCUT2D eigenvalue weighted by Crippen LogP contribution is 1.75. The van der Waals surface area contributed by atoms with Gasteiger partial charge in [0, 0.05) is 17.9 Å². The molecule has 0 aliphatic heterocycles. The molecule has 0 heterocycles. The van der Waals surface area contributed by atoms with Gasteiger partial charge in [0.1, 0.15) is 0 Å². The summed E-state index contributed by atoms with van der Waals surface area (Å²) in [4.78, 5) is 26.7. The van der Waals surface area contributed by atoms with Gasteiger partial charge in [0.15, 0.2) is 0 Å². The monoisotopic (exact) mass is 488 g/mol. The summed E-state index contributed by atoms with van der Waals surface area (Å²) in [5, 5.41) is 26.7. The topological polar surface area (TPSA) is 120 Å². The van der Waals surface area contributed by atoms with Crippen molar-refractivity contribution < 1.29 is 47.6 Å². The van der Waals surface area contributed by atoms with E-state index in [9.17, 15) is 0 Å². The average Bonchev–Trinajstić information content (AvgIpc) is 2.12. The number of hydrogen-bond acceptors (Lipinski definition) is 6. The van der Waals surface area contributed by atoms with E-state index in [1.807, 2.05) is 0 Å².